The van der Waals surface area contributed by atoms with Gasteiger partial charge in [-0.05, 0) is 44.0 Å². The van der Waals surface area contributed by atoms with Crippen molar-refractivity contribution in [2.75, 3.05) is 0 Å². The molecule has 1 N–H and O–H groups in total. The van der Waals surface area contributed by atoms with Gasteiger partial charge in [0.2, 0.25) is 0 Å². The van der Waals surface area contributed by atoms with Gasteiger partial charge in [-0.15, -0.1) is 0 Å². The van der Waals surface area contributed by atoms with Crippen molar-refractivity contribution in [3.05, 3.63) is 50.0 Å². The van der Waals surface area contributed by atoms with Crippen LogP contribution in [0.5, 0.6) is 0 Å². The minimum atomic E-state index is -0.163. The Balaban J connectivity index is 2.72. The highest BCUT2D eigenvalue weighted by Gasteiger charge is 2.07. The van der Waals surface area contributed by atoms with Crippen LogP contribution in [0, 0.1) is 0 Å². The first-order valence-electron chi connectivity index (χ1n) is 3.91. The third-order valence-corrected chi connectivity index (χ3v) is 3.08. The van der Waals surface area contributed by atoms with Crippen LogP contribution in [0.1, 0.15) is 0 Å². The Morgan fingerprint density at radius 2 is 1.93 bits per heavy atom. The fourth-order valence-electron chi connectivity index (χ4n) is 1.20. The third-order valence-electron chi connectivity index (χ3n) is 1.82. The number of nitrogens with zero attached hydrogens (tertiary/aromatic N) is 1. The second kappa shape index (κ2) is 3.74. The molecular formula is C9H6Br2N2O. The van der Waals surface area contributed by atoms with Crippen LogP contribution in [0.25, 0.3) is 5.69 Å². The lowest BCUT2D eigenvalue weighted by Crippen LogP contribution is -2.15. The molecule has 1 heterocycles. The number of benzene rings is 1. The molecule has 2 rings (SSSR count). The van der Waals surface area contributed by atoms with E-state index in [1.807, 2.05) is 24.3 Å². The number of nitrogens with one attached hydrogen (secondary N) is 1. The molecule has 72 valence electrons. The molecule has 0 fully saturated rings. The fourth-order valence-corrected chi connectivity index (χ4v) is 2.13. The van der Waals surface area contributed by atoms with E-state index in [1.165, 1.54) is 0 Å². The van der Waals surface area contributed by atoms with E-state index in [4.69, 9.17) is 0 Å². The highest BCUT2D eigenvalue weighted by atomic mass is 79.9. The van der Waals surface area contributed by atoms with Crippen LogP contribution in [0.15, 0.2) is 44.3 Å². The number of imidazole rings is 1. The summed E-state index contributed by atoms with van der Waals surface area (Å²) >= 11 is 6.69. The van der Waals surface area contributed by atoms with E-state index in [0.29, 0.717) is 4.60 Å². The van der Waals surface area contributed by atoms with Gasteiger partial charge in [0.25, 0.3) is 0 Å². The molecule has 0 amide bonds. The maximum absolute atomic E-state index is 11.4. The zero-order chi connectivity index (χ0) is 10.1. The van der Waals surface area contributed by atoms with E-state index in [9.17, 15) is 4.79 Å². The summed E-state index contributed by atoms with van der Waals surface area (Å²) in [7, 11) is 0. The fraction of sp³-hybridized carbons (Fsp3) is 0. The molecule has 1 aromatic carbocycles. The van der Waals surface area contributed by atoms with Gasteiger partial charge in [-0.25, -0.2) is 4.79 Å². The van der Waals surface area contributed by atoms with Crippen LogP contribution in [0.3, 0.4) is 0 Å². The Labute approximate surface area is 97.0 Å². The van der Waals surface area contributed by atoms with Crippen molar-refractivity contribution in [3.8, 4) is 5.69 Å². The van der Waals surface area contributed by atoms with Gasteiger partial charge in [0.05, 0.1) is 5.69 Å². The molecule has 0 saturated carbocycles. The second-order valence-electron chi connectivity index (χ2n) is 2.70. The van der Waals surface area contributed by atoms with Crippen LogP contribution in [-0.2, 0) is 0 Å². The van der Waals surface area contributed by atoms with Crippen molar-refractivity contribution in [1.82, 2.24) is 9.55 Å². The molecule has 0 radical (unpaired) electrons. The van der Waals surface area contributed by atoms with Gasteiger partial charge in [-0.3, -0.25) is 4.57 Å². The van der Waals surface area contributed by atoms with E-state index < -0.39 is 0 Å². The average Bonchev–Trinajstić information content (AvgIpc) is 2.48. The van der Waals surface area contributed by atoms with E-state index in [1.54, 1.807) is 10.8 Å². The Hall–Kier alpha value is -0.810. The van der Waals surface area contributed by atoms with Crippen molar-refractivity contribution in [2.45, 2.75) is 0 Å². The van der Waals surface area contributed by atoms with E-state index in [0.717, 1.165) is 10.2 Å². The number of para-hydroxylation sites is 1. The number of hydrogen-bond donors (Lipinski definition) is 1. The molecular weight excluding hydrogens is 312 g/mol. The van der Waals surface area contributed by atoms with Gasteiger partial charge in [-0.1, -0.05) is 12.1 Å². The minimum absolute atomic E-state index is 0.163. The van der Waals surface area contributed by atoms with Gasteiger partial charge < -0.3 is 4.98 Å². The van der Waals surface area contributed by atoms with Crippen molar-refractivity contribution < 1.29 is 0 Å². The van der Waals surface area contributed by atoms with Crippen LogP contribution in [0.4, 0.5) is 0 Å². The second-order valence-corrected chi connectivity index (χ2v) is 4.37. The number of aromatic nitrogens is 2. The normalized spacial score (nSPS) is 10.4. The molecule has 0 spiro atoms. The third kappa shape index (κ3) is 1.57. The average molecular weight is 318 g/mol. The van der Waals surface area contributed by atoms with Gasteiger partial charge in [0.15, 0.2) is 0 Å². The first-order chi connectivity index (χ1) is 6.70. The monoisotopic (exact) mass is 316 g/mol. The summed E-state index contributed by atoms with van der Waals surface area (Å²) < 4.78 is 3.13. The van der Waals surface area contributed by atoms with Gasteiger partial charge in [0, 0.05) is 10.7 Å². The Morgan fingerprint density at radius 3 is 2.50 bits per heavy atom. The number of rotatable bonds is 1. The topological polar surface area (TPSA) is 37.8 Å². The molecule has 5 heteroatoms. The summed E-state index contributed by atoms with van der Waals surface area (Å²) in [5.74, 6) is 0. The molecule has 0 aliphatic rings. The molecule has 3 nitrogen and oxygen atoms in total. The summed E-state index contributed by atoms with van der Waals surface area (Å²) in [6.45, 7) is 0. The zero-order valence-electron chi connectivity index (χ0n) is 7.00. The van der Waals surface area contributed by atoms with Crippen LogP contribution in [0.2, 0.25) is 0 Å². The summed E-state index contributed by atoms with van der Waals surface area (Å²) in [6, 6.07) is 7.54. The quantitative estimate of drug-likeness (QED) is 0.862. The Bertz CT molecular complexity index is 516. The van der Waals surface area contributed by atoms with Crippen molar-refractivity contribution in [3.63, 3.8) is 0 Å². The largest absolute Gasteiger partial charge is 0.331 e. The molecule has 2 aromatic rings. The lowest BCUT2D eigenvalue weighted by Gasteiger charge is -2.04. The van der Waals surface area contributed by atoms with Gasteiger partial charge in [0.1, 0.15) is 4.60 Å². The molecule has 0 atom stereocenters. The number of halogens is 2. The first-order valence-corrected chi connectivity index (χ1v) is 5.49. The van der Waals surface area contributed by atoms with Gasteiger partial charge >= 0.3 is 5.69 Å². The molecule has 0 aliphatic carbocycles. The van der Waals surface area contributed by atoms with Crippen LogP contribution < -0.4 is 5.69 Å². The molecule has 0 aliphatic heterocycles. The molecule has 0 unspecified atom stereocenters. The number of aromatic amines is 1. The van der Waals surface area contributed by atoms with Crippen molar-refractivity contribution in [1.29, 1.82) is 0 Å². The van der Waals surface area contributed by atoms with E-state index in [-0.39, 0.29) is 5.69 Å². The summed E-state index contributed by atoms with van der Waals surface area (Å²) in [5.41, 5.74) is 0.648. The predicted octanol–water partition coefficient (Wildman–Crippen LogP) is 2.69. The van der Waals surface area contributed by atoms with E-state index in [2.05, 4.69) is 36.8 Å². The standard InChI is InChI=1S/C9H6Br2N2O/c10-6-3-1-2-4-7(6)13-8(11)5-12-9(13)14/h1-5H,(H,12,14). The number of H-pyrrole nitrogens is 1. The highest BCUT2D eigenvalue weighted by molar-refractivity contribution is 9.11. The zero-order valence-corrected chi connectivity index (χ0v) is 10.2. The lowest BCUT2D eigenvalue weighted by molar-refractivity contribution is 0.962. The molecule has 14 heavy (non-hydrogen) atoms. The Kier molecular flexibility index (Phi) is 2.60. The predicted molar refractivity (Wildman–Crippen MR) is 61.8 cm³/mol. The van der Waals surface area contributed by atoms with Crippen LogP contribution >= 0.6 is 31.9 Å². The van der Waals surface area contributed by atoms with Crippen molar-refractivity contribution in [2.24, 2.45) is 0 Å². The summed E-state index contributed by atoms with van der Waals surface area (Å²) in [6.07, 6.45) is 1.61. The highest BCUT2D eigenvalue weighted by Crippen LogP contribution is 2.21. The Morgan fingerprint density at radius 1 is 1.21 bits per heavy atom. The minimum Gasteiger partial charge on any atom is -0.311 e. The molecule has 0 bridgehead atoms. The maximum Gasteiger partial charge on any atom is 0.331 e. The van der Waals surface area contributed by atoms with Crippen molar-refractivity contribution >= 4 is 31.9 Å². The molecule has 1 aromatic heterocycles. The maximum atomic E-state index is 11.4. The summed E-state index contributed by atoms with van der Waals surface area (Å²) in [5, 5.41) is 0. The first kappa shape index (κ1) is 9.73. The SMILES string of the molecule is O=c1[nH]cc(Br)n1-c1ccccc1Br. The lowest BCUT2D eigenvalue weighted by atomic mass is 10.3. The number of hydrogen-bond acceptors (Lipinski definition) is 1. The van der Waals surface area contributed by atoms with E-state index >= 15 is 0 Å². The molecule has 0 saturated heterocycles. The smallest absolute Gasteiger partial charge is 0.311 e. The summed E-state index contributed by atoms with van der Waals surface area (Å²) in [4.78, 5) is 14.1. The van der Waals surface area contributed by atoms with Gasteiger partial charge in [-0.2, -0.15) is 0 Å². The van der Waals surface area contributed by atoms with Crippen LogP contribution in [-0.4, -0.2) is 9.55 Å².